The maximum Gasteiger partial charge on any atom is 0.335 e. The van der Waals surface area contributed by atoms with Crippen LogP contribution in [-0.2, 0) is 4.79 Å². The van der Waals surface area contributed by atoms with Crippen LogP contribution in [0.5, 0.6) is 0 Å². The maximum absolute atomic E-state index is 12.1. The molecule has 1 amide bonds. The number of nitrogens with zero attached hydrogens (tertiary/aromatic N) is 2. The van der Waals surface area contributed by atoms with Crippen molar-refractivity contribution in [3.63, 3.8) is 0 Å². The van der Waals surface area contributed by atoms with E-state index < -0.39 is 5.97 Å². The third kappa shape index (κ3) is 4.27. The van der Waals surface area contributed by atoms with Crippen LogP contribution in [0.2, 0.25) is 0 Å². The number of carboxylic acids is 1. The number of aryl methyl sites for hydroxylation is 1. The Morgan fingerprint density at radius 3 is 2.76 bits per heavy atom. The Bertz CT molecular complexity index is 672. The lowest BCUT2D eigenvalue weighted by atomic mass is 10.2. The fraction of sp³-hybridized carbons (Fsp3) is 0.231. The maximum atomic E-state index is 12.1. The third-order valence-electron chi connectivity index (χ3n) is 2.53. The van der Waals surface area contributed by atoms with Gasteiger partial charge in [0.1, 0.15) is 5.01 Å². The number of carbonyl (C=O) groups is 2. The summed E-state index contributed by atoms with van der Waals surface area (Å²) >= 11 is 2.75. The van der Waals surface area contributed by atoms with Gasteiger partial charge in [0, 0.05) is 5.69 Å². The van der Waals surface area contributed by atoms with Gasteiger partial charge in [0.25, 0.3) is 0 Å². The highest BCUT2D eigenvalue weighted by Crippen LogP contribution is 2.26. The van der Waals surface area contributed by atoms with Crippen molar-refractivity contribution in [3.8, 4) is 0 Å². The van der Waals surface area contributed by atoms with E-state index in [1.54, 1.807) is 19.1 Å². The second kappa shape index (κ2) is 6.68. The van der Waals surface area contributed by atoms with Gasteiger partial charge in [0.05, 0.1) is 10.8 Å². The number of carboxylic acid groups (broad SMARTS) is 1. The van der Waals surface area contributed by atoms with Gasteiger partial charge >= 0.3 is 5.97 Å². The van der Waals surface area contributed by atoms with Crippen LogP contribution in [-0.4, -0.2) is 32.4 Å². The minimum absolute atomic E-state index is 0.132. The summed E-state index contributed by atoms with van der Waals surface area (Å²) in [7, 11) is 0. The Balaban J connectivity index is 2.00. The molecule has 1 heterocycles. The Morgan fingerprint density at radius 1 is 1.38 bits per heavy atom. The van der Waals surface area contributed by atoms with E-state index in [0.29, 0.717) is 5.69 Å². The lowest BCUT2D eigenvalue weighted by Gasteiger charge is -2.10. The van der Waals surface area contributed by atoms with Crippen LogP contribution in [0.3, 0.4) is 0 Å². The highest BCUT2D eigenvalue weighted by molar-refractivity contribution is 8.02. The number of aromatic carboxylic acids is 1. The van der Waals surface area contributed by atoms with Crippen LogP contribution < -0.4 is 5.32 Å². The Kier molecular flexibility index (Phi) is 4.92. The summed E-state index contributed by atoms with van der Waals surface area (Å²) in [4.78, 5) is 23.0. The molecule has 21 heavy (non-hydrogen) atoms. The lowest BCUT2D eigenvalue weighted by molar-refractivity contribution is -0.115. The monoisotopic (exact) mass is 323 g/mol. The molecule has 110 valence electrons. The van der Waals surface area contributed by atoms with Crippen LogP contribution in [0.15, 0.2) is 28.6 Å². The van der Waals surface area contributed by atoms with E-state index in [0.717, 1.165) is 9.35 Å². The quantitative estimate of drug-likeness (QED) is 0.822. The van der Waals surface area contributed by atoms with Crippen LogP contribution in [0.1, 0.15) is 22.3 Å². The normalized spacial score (nSPS) is 11.9. The smallest absolute Gasteiger partial charge is 0.335 e. The van der Waals surface area contributed by atoms with Crippen LogP contribution in [0.4, 0.5) is 5.69 Å². The van der Waals surface area contributed by atoms with Gasteiger partial charge in [-0.15, -0.1) is 10.2 Å². The molecular formula is C13H13N3O3S2. The minimum Gasteiger partial charge on any atom is -0.478 e. The predicted octanol–water partition coefficient (Wildman–Crippen LogP) is 2.66. The topological polar surface area (TPSA) is 92.2 Å². The molecule has 2 N–H and O–H groups in total. The molecule has 0 saturated carbocycles. The van der Waals surface area contributed by atoms with Crippen molar-refractivity contribution in [2.75, 3.05) is 5.32 Å². The van der Waals surface area contributed by atoms with E-state index in [9.17, 15) is 9.59 Å². The zero-order valence-electron chi connectivity index (χ0n) is 11.4. The summed E-state index contributed by atoms with van der Waals surface area (Å²) in [6, 6.07) is 6.13. The number of benzene rings is 1. The fourth-order valence-corrected chi connectivity index (χ4v) is 3.46. The molecule has 6 nitrogen and oxygen atoms in total. The molecule has 1 aromatic heterocycles. The number of nitrogens with one attached hydrogen (secondary N) is 1. The molecule has 0 saturated heterocycles. The number of anilines is 1. The van der Waals surface area contributed by atoms with Crippen LogP contribution >= 0.6 is 23.1 Å². The van der Waals surface area contributed by atoms with Crippen molar-refractivity contribution in [3.05, 3.63) is 34.8 Å². The average Bonchev–Trinajstić information content (AvgIpc) is 2.84. The van der Waals surface area contributed by atoms with Gasteiger partial charge in [-0.05, 0) is 32.0 Å². The second-order valence-electron chi connectivity index (χ2n) is 4.22. The van der Waals surface area contributed by atoms with Crippen molar-refractivity contribution in [1.29, 1.82) is 0 Å². The molecule has 1 atom stereocenters. The summed E-state index contributed by atoms with van der Waals surface area (Å²) in [5, 5.41) is 20.0. The van der Waals surface area contributed by atoms with Gasteiger partial charge < -0.3 is 10.4 Å². The summed E-state index contributed by atoms with van der Waals surface area (Å²) in [5.41, 5.74) is 0.591. The van der Waals surface area contributed by atoms with E-state index in [-0.39, 0.29) is 16.7 Å². The van der Waals surface area contributed by atoms with Crippen LogP contribution in [0, 0.1) is 6.92 Å². The number of hydrogen-bond acceptors (Lipinski definition) is 6. The van der Waals surface area contributed by atoms with Gasteiger partial charge in [-0.2, -0.15) is 0 Å². The molecule has 0 radical (unpaired) electrons. The van der Waals surface area contributed by atoms with E-state index in [4.69, 9.17) is 5.11 Å². The highest BCUT2D eigenvalue weighted by atomic mass is 32.2. The summed E-state index contributed by atoms with van der Waals surface area (Å²) < 4.78 is 0.731. The average molecular weight is 323 g/mol. The molecule has 2 aromatic rings. The molecule has 0 spiro atoms. The standard InChI is InChI=1S/C13H13N3O3S2/c1-7(20-13-16-15-8(2)21-13)11(17)14-10-5-3-4-9(6-10)12(18)19/h3-7H,1-2H3,(H,14,17)(H,18,19). The Labute approximate surface area is 129 Å². The van der Waals surface area contributed by atoms with Gasteiger partial charge in [0.15, 0.2) is 4.34 Å². The first-order chi connectivity index (χ1) is 9.95. The predicted molar refractivity (Wildman–Crippen MR) is 82.0 cm³/mol. The summed E-state index contributed by atoms with van der Waals surface area (Å²) in [5.74, 6) is -1.24. The number of rotatable bonds is 5. The van der Waals surface area contributed by atoms with Crippen molar-refractivity contribution in [1.82, 2.24) is 10.2 Å². The van der Waals surface area contributed by atoms with Crippen molar-refractivity contribution in [2.24, 2.45) is 0 Å². The van der Waals surface area contributed by atoms with E-state index in [2.05, 4.69) is 15.5 Å². The molecule has 1 unspecified atom stereocenters. The van der Waals surface area contributed by atoms with Gasteiger partial charge in [0.2, 0.25) is 5.91 Å². The number of aromatic nitrogens is 2. The molecule has 8 heteroatoms. The number of thioether (sulfide) groups is 1. The highest BCUT2D eigenvalue weighted by Gasteiger charge is 2.17. The summed E-state index contributed by atoms with van der Waals surface area (Å²) in [6.45, 7) is 3.61. The van der Waals surface area contributed by atoms with Gasteiger partial charge in [-0.25, -0.2) is 4.79 Å². The lowest BCUT2D eigenvalue weighted by Crippen LogP contribution is -2.22. The minimum atomic E-state index is -1.03. The zero-order chi connectivity index (χ0) is 15.4. The molecule has 1 aromatic carbocycles. The second-order valence-corrected chi connectivity index (χ2v) is 6.99. The third-order valence-corrected chi connectivity index (χ3v) is 4.55. The molecule has 0 fully saturated rings. The van der Waals surface area contributed by atoms with Crippen molar-refractivity contribution < 1.29 is 14.7 Å². The Morgan fingerprint density at radius 2 is 2.14 bits per heavy atom. The molecule has 0 aliphatic rings. The molecule has 0 aliphatic carbocycles. The summed E-state index contributed by atoms with van der Waals surface area (Å²) in [6.07, 6.45) is 0. The van der Waals surface area contributed by atoms with E-state index >= 15 is 0 Å². The first-order valence-corrected chi connectivity index (χ1v) is 7.76. The SMILES string of the molecule is Cc1nnc(SC(C)C(=O)Nc2cccc(C(=O)O)c2)s1. The Hall–Kier alpha value is -1.93. The van der Waals surface area contributed by atoms with Gasteiger partial charge in [-0.1, -0.05) is 29.2 Å². The van der Waals surface area contributed by atoms with E-state index in [1.165, 1.54) is 35.2 Å². The first kappa shape index (κ1) is 15.5. The fourth-order valence-electron chi connectivity index (χ4n) is 1.50. The molecule has 2 rings (SSSR count). The first-order valence-electron chi connectivity index (χ1n) is 6.06. The zero-order valence-corrected chi connectivity index (χ0v) is 13.0. The number of carbonyl (C=O) groups excluding carboxylic acids is 1. The number of hydrogen-bond donors (Lipinski definition) is 2. The largest absolute Gasteiger partial charge is 0.478 e. The van der Waals surface area contributed by atoms with Gasteiger partial charge in [-0.3, -0.25) is 4.79 Å². The molecule has 0 aliphatic heterocycles. The molecule has 0 bridgehead atoms. The molecular weight excluding hydrogens is 310 g/mol. The van der Waals surface area contributed by atoms with Crippen molar-refractivity contribution in [2.45, 2.75) is 23.4 Å². The van der Waals surface area contributed by atoms with E-state index in [1.807, 2.05) is 6.92 Å². The van der Waals surface area contributed by atoms with Crippen LogP contribution in [0.25, 0.3) is 0 Å². The number of amides is 1. The van der Waals surface area contributed by atoms with Crippen molar-refractivity contribution >= 4 is 40.7 Å².